The Morgan fingerprint density at radius 1 is 1.44 bits per heavy atom. The molecule has 16 heavy (non-hydrogen) atoms. The molecule has 0 aliphatic rings. The molecular formula is C8H6Cl2F3N3. The van der Waals surface area contributed by atoms with E-state index in [1.165, 1.54) is 0 Å². The van der Waals surface area contributed by atoms with E-state index in [0.717, 1.165) is 6.07 Å². The van der Waals surface area contributed by atoms with Crippen LogP contribution in [-0.2, 0) is 6.18 Å². The lowest BCUT2D eigenvalue weighted by molar-refractivity contribution is -0.141. The average Bonchev–Trinajstić information content (AvgIpc) is 2.12. The van der Waals surface area contributed by atoms with Crippen molar-refractivity contribution in [3.63, 3.8) is 0 Å². The molecule has 0 aliphatic heterocycles. The molecule has 0 radical (unpaired) electrons. The zero-order chi connectivity index (χ0) is 12.3. The van der Waals surface area contributed by atoms with Crippen molar-refractivity contribution in [1.29, 1.82) is 0 Å². The summed E-state index contributed by atoms with van der Waals surface area (Å²) in [7, 11) is 0. The topological polar surface area (TPSA) is 37.8 Å². The van der Waals surface area contributed by atoms with Crippen LogP contribution in [0.25, 0.3) is 0 Å². The van der Waals surface area contributed by atoms with Crippen molar-refractivity contribution in [2.45, 2.75) is 6.18 Å². The summed E-state index contributed by atoms with van der Waals surface area (Å²) in [6, 6.07) is 0.742. The van der Waals surface area contributed by atoms with Gasteiger partial charge in [0.05, 0.1) is 6.54 Å². The fraction of sp³-hybridized carbons (Fsp3) is 0.250. The van der Waals surface area contributed by atoms with Crippen molar-refractivity contribution in [2.24, 2.45) is 0 Å². The normalized spacial score (nSPS) is 11.3. The summed E-state index contributed by atoms with van der Waals surface area (Å²) in [6.07, 6.45) is -4.57. The molecule has 0 saturated carbocycles. The second-order valence-electron chi connectivity index (χ2n) is 2.78. The largest absolute Gasteiger partial charge is 0.433 e. The molecule has 0 amide bonds. The van der Waals surface area contributed by atoms with Crippen LogP contribution in [0.15, 0.2) is 17.7 Å². The van der Waals surface area contributed by atoms with Gasteiger partial charge < -0.3 is 5.32 Å². The van der Waals surface area contributed by atoms with Crippen LogP contribution in [0.1, 0.15) is 5.69 Å². The van der Waals surface area contributed by atoms with Gasteiger partial charge in [-0.25, -0.2) is 9.97 Å². The molecule has 0 aromatic carbocycles. The fourth-order valence-corrected chi connectivity index (χ4v) is 1.09. The Kier molecular flexibility index (Phi) is 3.98. The minimum Gasteiger partial charge on any atom is -0.365 e. The summed E-state index contributed by atoms with van der Waals surface area (Å²) in [5, 5.41) is 2.28. The van der Waals surface area contributed by atoms with Crippen LogP contribution in [0.2, 0.25) is 5.28 Å². The van der Waals surface area contributed by atoms with Gasteiger partial charge in [0.2, 0.25) is 5.28 Å². The summed E-state index contributed by atoms with van der Waals surface area (Å²) < 4.78 is 37.0. The number of anilines is 1. The number of hydrogen-bond acceptors (Lipinski definition) is 3. The first-order valence-corrected chi connectivity index (χ1v) is 4.73. The van der Waals surface area contributed by atoms with Crippen LogP contribution in [0, 0.1) is 0 Å². The number of aromatic nitrogens is 2. The van der Waals surface area contributed by atoms with Gasteiger partial charge in [-0.2, -0.15) is 13.2 Å². The highest BCUT2D eigenvalue weighted by Crippen LogP contribution is 2.29. The molecule has 0 bridgehead atoms. The second-order valence-corrected chi connectivity index (χ2v) is 3.65. The molecule has 0 spiro atoms. The van der Waals surface area contributed by atoms with Gasteiger partial charge in [0.1, 0.15) is 5.82 Å². The maximum atomic E-state index is 12.3. The summed E-state index contributed by atoms with van der Waals surface area (Å²) in [5.74, 6) is -0.0610. The van der Waals surface area contributed by atoms with E-state index in [-0.39, 0.29) is 17.4 Å². The minimum absolute atomic E-state index is 0.0610. The number of alkyl halides is 3. The maximum Gasteiger partial charge on any atom is 0.433 e. The second kappa shape index (κ2) is 4.88. The predicted octanol–water partition coefficient (Wildman–Crippen LogP) is 3.31. The predicted molar refractivity (Wildman–Crippen MR) is 55.5 cm³/mol. The third-order valence-electron chi connectivity index (χ3n) is 1.45. The zero-order valence-corrected chi connectivity index (χ0v) is 9.29. The molecule has 1 rings (SSSR count). The van der Waals surface area contributed by atoms with Crippen LogP contribution in [0.3, 0.4) is 0 Å². The van der Waals surface area contributed by atoms with E-state index in [2.05, 4.69) is 21.9 Å². The molecule has 3 nitrogen and oxygen atoms in total. The smallest absolute Gasteiger partial charge is 0.365 e. The monoisotopic (exact) mass is 271 g/mol. The van der Waals surface area contributed by atoms with E-state index in [1.54, 1.807) is 0 Å². The van der Waals surface area contributed by atoms with E-state index in [4.69, 9.17) is 23.2 Å². The van der Waals surface area contributed by atoms with Crippen molar-refractivity contribution in [1.82, 2.24) is 9.97 Å². The highest BCUT2D eigenvalue weighted by Gasteiger charge is 2.33. The van der Waals surface area contributed by atoms with E-state index in [0.29, 0.717) is 0 Å². The summed E-state index contributed by atoms with van der Waals surface area (Å²) in [5.41, 5.74) is -1.12. The third-order valence-corrected chi connectivity index (χ3v) is 1.75. The van der Waals surface area contributed by atoms with Gasteiger partial charge in [-0.3, -0.25) is 0 Å². The molecule has 1 aromatic rings. The van der Waals surface area contributed by atoms with Gasteiger partial charge in [-0.1, -0.05) is 18.2 Å². The van der Waals surface area contributed by atoms with Gasteiger partial charge in [-0.15, -0.1) is 0 Å². The Morgan fingerprint density at radius 2 is 2.06 bits per heavy atom. The first-order valence-electron chi connectivity index (χ1n) is 3.98. The quantitative estimate of drug-likeness (QED) is 0.858. The maximum absolute atomic E-state index is 12.3. The molecule has 0 aliphatic carbocycles. The summed E-state index contributed by atoms with van der Waals surface area (Å²) >= 11 is 10.8. The first kappa shape index (κ1) is 13.1. The van der Waals surface area contributed by atoms with Crippen molar-refractivity contribution in [2.75, 3.05) is 11.9 Å². The molecule has 0 fully saturated rings. The molecule has 1 heterocycles. The standard InChI is InChI=1S/C8H6Cl2F3N3/c1-4(9)3-14-6-2-5(8(11,12)13)15-7(10)16-6/h2H,1,3H2,(H,14,15,16). The van der Waals surface area contributed by atoms with Gasteiger partial charge in [-0.05, 0) is 11.6 Å². The Hall–Kier alpha value is -1.01. The van der Waals surface area contributed by atoms with Crippen LogP contribution >= 0.6 is 23.2 Å². The molecule has 0 saturated heterocycles. The number of nitrogens with zero attached hydrogens (tertiary/aromatic N) is 2. The van der Waals surface area contributed by atoms with Crippen molar-refractivity contribution < 1.29 is 13.2 Å². The first-order chi connectivity index (χ1) is 7.29. The minimum atomic E-state index is -4.57. The molecule has 88 valence electrons. The van der Waals surface area contributed by atoms with E-state index in [1.807, 2.05) is 0 Å². The Morgan fingerprint density at radius 3 is 2.56 bits per heavy atom. The van der Waals surface area contributed by atoms with Crippen LogP contribution in [0.5, 0.6) is 0 Å². The third kappa shape index (κ3) is 3.86. The SMILES string of the molecule is C=C(Cl)CNc1cc(C(F)(F)F)nc(Cl)n1. The highest BCUT2D eigenvalue weighted by atomic mass is 35.5. The summed E-state index contributed by atoms with van der Waals surface area (Å²) in [6.45, 7) is 3.46. The number of rotatable bonds is 3. The highest BCUT2D eigenvalue weighted by molar-refractivity contribution is 6.29. The molecule has 0 unspecified atom stereocenters. The Balaban J connectivity index is 2.94. The van der Waals surface area contributed by atoms with Gasteiger partial charge in [0.15, 0.2) is 5.69 Å². The van der Waals surface area contributed by atoms with Crippen molar-refractivity contribution in [3.8, 4) is 0 Å². The van der Waals surface area contributed by atoms with Crippen LogP contribution < -0.4 is 5.32 Å². The lowest BCUT2D eigenvalue weighted by Crippen LogP contribution is -2.11. The Bertz CT molecular complexity index is 406. The van der Waals surface area contributed by atoms with Crippen LogP contribution in [0.4, 0.5) is 19.0 Å². The van der Waals surface area contributed by atoms with Crippen molar-refractivity contribution >= 4 is 29.0 Å². The van der Waals surface area contributed by atoms with Gasteiger partial charge in [0, 0.05) is 11.1 Å². The van der Waals surface area contributed by atoms with Gasteiger partial charge >= 0.3 is 6.18 Å². The molecule has 1 N–H and O–H groups in total. The van der Waals surface area contributed by atoms with Crippen LogP contribution in [-0.4, -0.2) is 16.5 Å². The van der Waals surface area contributed by atoms with Gasteiger partial charge in [0.25, 0.3) is 0 Å². The molecule has 0 atom stereocenters. The van der Waals surface area contributed by atoms with E-state index >= 15 is 0 Å². The molecular weight excluding hydrogens is 266 g/mol. The fourth-order valence-electron chi connectivity index (χ4n) is 0.840. The zero-order valence-electron chi connectivity index (χ0n) is 7.78. The number of halogens is 5. The van der Waals surface area contributed by atoms with E-state index < -0.39 is 17.2 Å². The van der Waals surface area contributed by atoms with E-state index in [9.17, 15) is 13.2 Å². The lowest BCUT2D eigenvalue weighted by Gasteiger charge is -2.09. The molecule has 8 heteroatoms. The lowest BCUT2D eigenvalue weighted by atomic mass is 10.4. The average molecular weight is 272 g/mol. The number of hydrogen-bond donors (Lipinski definition) is 1. The summed E-state index contributed by atoms with van der Waals surface area (Å²) in [4.78, 5) is 6.63. The molecule has 1 aromatic heterocycles. The Labute approximate surface area is 99.3 Å². The van der Waals surface area contributed by atoms with Crippen molar-refractivity contribution in [3.05, 3.63) is 28.7 Å². The number of nitrogens with one attached hydrogen (secondary N) is 1.